The van der Waals surface area contributed by atoms with Gasteiger partial charge in [0.15, 0.2) is 0 Å². The molecule has 1 aliphatic heterocycles. The zero-order valence-corrected chi connectivity index (χ0v) is 14.8. The van der Waals surface area contributed by atoms with E-state index in [1.165, 1.54) is 0 Å². The summed E-state index contributed by atoms with van der Waals surface area (Å²) in [6.45, 7) is 5.23. The number of aromatic nitrogens is 2. The van der Waals surface area contributed by atoms with Crippen molar-refractivity contribution in [3.8, 4) is 0 Å². The van der Waals surface area contributed by atoms with Crippen LogP contribution in [-0.4, -0.2) is 42.8 Å². The Hall–Kier alpha value is -1.21. The highest BCUT2D eigenvalue weighted by Crippen LogP contribution is 2.24. The van der Waals surface area contributed by atoms with Crippen LogP contribution in [0.5, 0.6) is 0 Å². The first-order valence-corrected chi connectivity index (χ1v) is 10.1. The maximum Gasteiger partial charge on any atom is 0.225 e. The van der Waals surface area contributed by atoms with E-state index in [2.05, 4.69) is 14.7 Å². The molecule has 0 spiro atoms. The van der Waals surface area contributed by atoms with Gasteiger partial charge in [-0.15, -0.1) is 0 Å². The first kappa shape index (κ1) is 16.6. The van der Waals surface area contributed by atoms with Crippen molar-refractivity contribution in [3.05, 3.63) is 17.5 Å². The highest BCUT2D eigenvalue weighted by Gasteiger charge is 2.33. The fraction of sp³-hybridized carbons (Fsp3) is 0.750. The predicted octanol–water partition coefficient (Wildman–Crippen LogP) is 1.92. The summed E-state index contributed by atoms with van der Waals surface area (Å²) in [7, 11) is -3.27. The second-order valence-corrected chi connectivity index (χ2v) is 8.79. The highest BCUT2D eigenvalue weighted by atomic mass is 32.2. The molecule has 1 atom stereocenters. The lowest BCUT2D eigenvalue weighted by Gasteiger charge is -2.33. The molecule has 1 aromatic rings. The fourth-order valence-corrected chi connectivity index (χ4v) is 5.16. The molecule has 3 rings (SSSR count). The van der Waals surface area contributed by atoms with Crippen molar-refractivity contribution in [3.63, 3.8) is 0 Å². The number of anilines is 1. The average Bonchev–Trinajstić information content (AvgIpc) is 3.02. The molecule has 1 N–H and O–H groups in total. The van der Waals surface area contributed by atoms with Crippen molar-refractivity contribution in [2.75, 3.05) is 18.0 Å². The fourth-order valence-electron chi connectivity index (χ4n) is 3.41. The molecule has 0 amide bonds. The summed E-state index contributed by atoms with van der Waals surface area (Å²) < 4.78 is 28.2. The smallest absolute Gasteiger partial charge is 0.225 e. The third kappa shape index (κ3) is 3.83. The van der Waals surface area contributed by atoms with E-state index in [1.807, 2.05) is 24.9 Å². The van der Waals surface area contributed by atoms with Crippen LogP contribution in [0.15, 0.2) is 6.20 Å². The Labute approximate surface area is 138 Å². The summed E-state index contributed by atoms with van der Waals surface area (Å²) in [5, 5.41) is -0.373. The number of piperidine rings is 1. The van der Waals surface area contributed by atoms with Crippen molar-refractivity contribution in [1.82, 2.24) is 14.7 Å². The molecule has 1 aromatic heterocycles. The van der Waals surface area contributed by atoms with Gasteiger partial charge >= 0.3 is 0 Å². The summed E-state index contributed by atoms with van der Waals surface area (Å²) in [6.07, 6.45) is 7.56. The molecule has 6 nitrogen and oxygen atoms in total. The highest BCUT2D eigenvalue weighted by molar-refractivity contribution is 7.90. The van der Waals surface area contributed by atoms with Crippen LogP contribution in [0.1, 0.15) is 49.8 Å². The molecular formula is C16H26N4O2S. The topological polar surface area (TPSA) is 75.2 Å². The Morgan fingerprint density at radius 1 is 1.17 bits per heavy atom. The van der Waals surface area contributed by atoms with Crippen molar-refractivity contribution >= 4 is 16.0 Å². The lowest BCUT2D eigenvalue weighted by molar-refractivity contribution is 0.503. The van der Waals surface area contributed by atoms with Crippen LogP contribution >= 0.6 is 0 Å². The molecule has 2 fully saturated rings. The van der Waals surface area contributed by atoms with Gasteiger partial charge in [0.05, 0.1) is 5.25 Å². The molecule has 2 heterocycles. The van der Waals surface area contributed by atoms with Gasteiger partial charge in [-0.25, -0.2) is 23.1 Å². The molecule has 1 aliphatic carbocycles. The Morgan fingerprint density at radius 3 is 2.61 bits per heavy atom. The van der Waals surface area contributed by atoms with Crippen molar-refractivity contribution in [2.24, 2.45) is 0 Å². The molecular weight excluding hydrogens is 312 g/mol. The average molecular weight is 338 g/mol. The van der Waals surface area contributed by atoms with Gasteiger partial charge in [0.1, 0.15) is 0 Å². The Balaban J connectivity index is 1.70. The van der Waals surface area contributed by atoms with Gasteiger partial charge in [-0.3, -0.25) is 0 Å². The quantitative estimate of drug-likeness (QED) is 0.908. The largest absolute Gasteiger partial charge is 0.339 e. The Bertz CT molecular complexity index is 656. The zero-order valence-electron chi connectivity index (χ0n) is 14.0. The summed E-state index contributed by atoms with van der Waals surface area (Å²) in [6, 6.07) is 0.133. The molecule has 0 radical (unpaired) electrons. The molecule has 128 valence electrons. The van der Waals surface area contributed by atoms with Crippen LogP contribution < -0.4 is 9.62 Å². The number of rotatable bonds is 4. The maximum atomic E-state index is 12.7. The van der Waals surface area contributed by atoms with E-state index < -0.39 is 10.0 Å². The van der Waals surface area contributed by atoms with Crippen LogP contribution in [0.2, 0.25) is 0 Å². The zero-order chi connectivity index (χ0) is 16.4. The normalized spacial score (nSPS) is 23.4. The second-order valence-electron chi connectivity index (χ2n) is 6.79. The molecule has 23 heavy (non-hydrogen) atoms. The van der Waals surface area contributed by atoms with Crippen molar-refractivity contribution in [1.29, 1.82) is 0 Å². The lowest BCUT2D eigenvalue weighted by atomic mass is 10.1. The summed E-state index contributed by atoms with van der Waals surface area (Å²) in [4.78, 5) is 10.9. The summed E-state index contributed by atoms with van der Waals surface area (Å²) >= 11 is 0. The number of nitrogens with zero attached hydrogens (tertiary/aromatic N) is 3. The molecule has 2 aliphatic rings. The number of sulfonamides is 1. The van der Waals surface area contributed by atoms with E-state index in [1.54, 1.807) is 0 Å². The van der Waals surface area contributed by atoms with E-state index in [0.29, 0.717) is 18.9 Å². The monoisotopic (exact) mass is 338 g/mol. The minimum Gasteiger partial charge on any atom is -0.339 e. The number of hydrogen-bond donors (Lipinski definition) is 1. The minimum absolute atomic E-state index is 0.133. The molecule has 1 saturated carbocycles. The second kappa shape index (κ2) is 6.73. The maximum absolute atomic E-state index is 12.7. The van der Waals surface area contributed by atoms with Gasteiger partial charge in [0.25, 0.3) is 0 Å². The first-order valence-electron chi connectivity index (χ1n) is 8.52. The van der Waals surface area contributed by atoms with Crippen LogP contribution in [-0.2, 0) is 10.0 Å². The summed E-state index contributed by atoms with van der Waals surface area (Å²) in [5.41, 5.74) is 2.00. The molecule has 1 saturated heterocycles. The molecule has 7 heteroatoms. The SMILES string of the molecule is Cc1cnc(N2CCCC(S(=O)(=O)NC3CCCC3)C2)nc1C. The van der Waals surface area contributed by atoms with Crippen molar-refractivity contribution in [2.45, 2.75) is 63.7 Å². The van der Waals surface area contributed by atoms with Crippen LogP contribution in [0.3, 0.4) is 0 Å². The predicted molar refractivity (Wildman–Crippen MR) is 91.1 cm³/mol. The number of aryl methyl sites for hydroxylation is 2. The van der Waals surface area contributed by atoms with E-state index in [0.717, 1.165) is 49.9 Å². The van der Waals surface area contributed by atoms with Gasteiger partial charge in [-0.2, -0.15) is 0 Å². The van der Waals surface area contributed by atoms with Crippen molar-refractivity contribution < 1.29 is 8.42 Å². The van der Waals surface area contributed by atoms with E-state index in [9.17, 15) is 8.42 Å². The lowest BCUT2D eigenvalue weighted by Crippen LogP contribution is -2.48. The van der Waals surface area contributed by atoms with E-state index in [4.69, 9.17) is 0 Å². The van der Waals surface area contributed by atoms with Gasteiger partial charge in [0, 0.05) is 31.0 Å². The van der Waals surface area contributed by atoms with Crippen LogP contribution in [0, 0.1) is 13.8 Å². The Kier molecular flexibility index (Phi) is 4.87. The van der Waals surface area contributed by atoms with E-state index >= 15 is 0 Å². The minimum atomic E-state index is -3.27. The molecule has 0 bridgehead atoms. The first-order chi connectivity index (χ1) is 11.0. The summed E-state index contributed by atoms with van der Waals surface area (Å²) in [5.74, 6) is 0.647. The van der Waals surface area contributed by atoms with Gasteiger partial charge in [0.2, 0.25) is 16.0 Å². The Morgan fingerprint density at radius 2 is 1.91 bits per heavy atom. The number of hydrogen-bond acceptors (Lipinski definition) is 5. The van der Waals surface area contributed by atoms with Gasteiger partial charge in [-0.05, 0) is 45.1 Å². The molecule has 1 unspecified atom stereocenters. The van der Waals surface area contributed by atoms with E-state index in [-0.39, 0.29) is 11.3 Å². The molecule has 0 aromatic carbocycles. The number of nitrogens with one attached hydrogen (secondary N) is 1. The standard InChI is InChI=1S/C16H26N4O2S/c1-12-10-17-16(18-13(12)2)20-9-5-8-15(11-20)23(21,22)19-14-6-3-4-7-14/h10,14-15,19H,3-9,11H2,1-2H3. The van der Waals surface area contributed by atoms with Crippen LogP contribution in [0.4, 0.5) is 5.95 Å². The third-order valence-corrected chi connectivity index (χ3v) is 6.92. The van der Waals surface area contributed by atoms with Gasteiger partial charge < -0.3 is 4.90 Å². The third-order valence-electron chi connectivity index (χ3n) is 5.00. The van der Waals surface area contributed by atoms with Gasteiger partial charge in [-0.1, -0.05) is 12.8 Å². The van der Waals surface area contributed by atoms with Crippen LogP contribution in [0.25, 0.3) is 0 Å².